The average molecular weight is 315 g/mol. The fourth-order valence-corrected chi connectivity index (χ4v) is 3.17. The lowest BCUT2D eigenvalue weighted by Crippen LogP contribution is -2.30. The van der Waals surface area contributed by atoms with Crippen LogP contribution in [0.25, 0.3) is 0 Å². The lowest BCUT2D eigenvalue weighted by molar-refractivity contribution is 0.0998. The standard InChI is InChI=1S/C21H17NO2/c1-24-18-12-10-15(11-13-18)21(23)22-19-8-4-2-6-16(19)14-17-7-3-5-9-20(17)22/h2-13H,14H2,1H3. The van der Waals surface area contributed by atoms with Crippen molar-refractivity contribution in [3.8, 4) is 5.75 Å². The second-order valence-corrected chi connectivity index (χ2v) is 5.80. The molecule has 1 amide bonds. The smallest absolute Gasteiger partial charge is 0.262 e. The van der Waals surface area contributed by atoms with E-state index in [0.717, 1.165) is 34.7 Å². The molecule has 0 bridgehead atoms. The molecule has 0 aliphatic carbocycles. The summed E-state index contributed by atoms with van der Waals surface area (Å²) < 4.78 is 5.18. The van der Waals surface area contributed by atoms with Crippen LogP contribution in [0.3, 0.4) is 0 Å². The second kappa shape index (κ2) is 5.85. The third kappa shape index (κ3) is 2.35. The lowest BCUT2D eigenvalue weighted by Gasteiger charge is -2.31. The van der Waals surface area contributed by atoms with Gasteiger partial charge in [0.05, 0.1) is 18.5 Å². The lowest BCUT2D eigenvalue weighted by atomic mass is 9.95. The number of benzene rings is 3. The van der Waals surface area contributed by atoms with Crippen LogP contribution in [0.15, 0.2) is 72.8 Å². The molecule has 0 aromatic heterocycles. The topological polar surface area (TPSA) is 29.5 Å². The normalized spacial score (nSPS) is 12.3. The van der Waals surface area contributed by atoms with E-state index in [9.17, 15) is 4.79 Å². The third-order valence-electron chi connectivity index (χ3n) is 4.39. The zero-order valence-corrected chi connectivity index (χ0v) is 13.4. The maximum absolute atomic E-state index is 13.2. The fourth-order valence-electron chi connectivity index (χ4n) is 3.17. The number of ether oxygens (including phenoxy) is 1. The summed E-state index contributed by atoms with van der Waals surface area (Å²) in [7, 11) is 1.62. The molecule has 1 aliphatic rings. The van der Waals surface area contributed by atoms with Gasteiger partial charge in [-0.1, -0.05) is 36.4 Å². The molecule has 0 saturated carbocycles. The van der Waals surface area contributed by atoms with E-state index < -0.39 is 0 Å². The van der Waals surface area contributed by atoms with Crippen LogP contribution >= 0.6 is 0 Å². The Bertz CT molecular complexity index is 854. The first-order valence-corrected chi connectivity index (χ1v) is 7.92. The van der Waals surface area contributed by atoms with Gasteiger partial charge in [-0.15, -0.1) is 0 Å². The number of anilines is 2. The Morgan fingerprint density at radius 3 is 1.92 bits per heavy atom. The average Bonchev–Trinajstić information content (AvgIpc) is 2.65. The van der Waals surface area contributed by atoms with Crippen LogP contribution in [0.4, 0.5) is 11.4 Å². The van der Waals surface area contributed by atoms with Gasteiger partial charge in [0.15, 0.2) is 0 Å². The van der Waals surface area contributed by atoms with E-state index in [1.165, 1.54) is 0 Å². The number of carbonyl (C=O) groups is 1. The van der Waals surface area contributed by atoms with E-state index in [2.05, 4.69) is 12.1 Å². The minimum Gasteiger partial charge on any atom is -0.497 e. The summed E-state index contributed by atoms with van der Waals surface area (Å²) in [5.41, 5.74) is 4.88. The van der Waals surface area contributed by atoms with Gasteiger partial charge in [0.1, 0.15) is 5.75 Å². The molecule has 0 N–H and O–H groups in total. The second-order valence-electron chi connectivity index (χ2n) is 5.80. The third-order valence-corrected chi connectivity index (χ3v) is 4.39. The molecular formula is C21H17NO2. The van der Waals surface area contributed by atoms with Gasteiger partial charge in [0, 0.05) is 12.0 Å². The zero-order chi connectivity index (χ0) is 16.5. The number of nitrogens with zero attached hydrogens (tertiary/aromatic N) is 1. The molecule has 0 spiro atoms. The molecule has 1 heterocycles. The Labute approximate surface area is 141 Å². The van der Waals surface area contributed by atoms with Gasteiger partial charge in [-0.2, -0.15) is 0 Å². The van der Waals surface area contributed by atoms with E-state index in [1.807, 2.05) is 53.4 Å². The van der Waals surface area contributed by atoms with Crippen molar-refractivity contribution in [1.82, 2.24) is 0 Å². The molecule has 24 heavy (non-hydrogen) atoms. The molecule has 4 rings (SSSR count). The van der Waals surface area contributed by atoms with Gasteiger partial charge in [-0.05, 0) is 47.5 Å². The molecule has 3 aromatic rings. The first-order chi connectivity index (χ1) is 11.8. The zero-order valence-electron chi connectivity index (χ0n) is 13.4. The molecule has 3 heteroatoms. The van der Waals surface area contributed by atoms with Crippen LogP contribution in [0, 0.1) is 0 Å². The molecule has 0 atom stereocenters. The number of hydrogen-bond acceptors (Lipinski definition) is 2. The van der Waals surface area contributed by atoms with Crippen LogP contribution in [0.2, 0.25) is 0 Å². The van der Waals surface area contributed by atoms with E-state index in [1.54, 1.807) is 19.2 Å². The Morgan fingerprint density at radius 2 is 1.38 bits per heavy atom. The van der Waals surface area contributed by atoms with Crippen molar-refractivity contribution in [3.05, 3.63) is 89.5 Å². The SMILES string of the molecule is COc1ccc(C(=O)N2c3ccccc3Cc3ccccc32)cc1. The van der Waals surface area contributed by atoms with Gasteiger partial charge in [0.2, 0.25) is 0 Å². The summed E-state index contributed by atoms with van der Waals surface area (Å²) in [6, 6.07) is 23.4. The Hall–Kier alpha value is -3.07. The van der Waals surface area contributed by atoms with Crippen molar-refractivity contribution in [3.63, 3.8) is 0 Å². The molecular weight excluding hydrogens is 298 g/mol. The molecule has 0 unspecified atom stereocenters. The van der Waals surface area contributed by atoms with Crippen molar-refractivity contribution < 1.29 is 9.53 Å². The van der Waals surface area contributed by atoms with E-state index >= 15 is 0 Å². The van der Waals surface area contributed by atoms with Gasteiger partial charge in [0.25, 0.3) is 5.91 Å². The predicted molar refractivity (Wildman–Crippen MR) is 95.2 cm³/mol. The maximum atomic E-state index is 13.2. The van der Waals surface area contributed by atoms with Crippen LogP contribution in [-0.2, 0) is 6.42 Å². The number of fused-ring (bicyclic) bond motifs is 2. The van der Waals surface area contributed by atoms with Crippen molar-refractivity contribution in [1.29, 1.82) is 0 Å². The molecule has 0 radical (unpaired) electrons. The Balaban J connectivity index is 1.83. The molecule has 3 aromatic carbocycles. The van der Waals surface area contributed by atoms with Crippen LogP contribution in [0.5, 0.6) is 5.75 Å². The monoisotopic (exact) mass is 315 g/mol. The number of carbonyl (C=O) groups excluding carboxylic acids is 1. The summed E-state index contributed by atoms with van der Waals surface area (Å²) in [6.07, 6.45) is 0.846. The predicted octanol–water partition coefficient (Wildman–Crippen LogP) is 4.58. The highest BCUT2D eigenvalue weighted by molar-refractivity contribution is 6.12. The molecule has 118 valence electrons. The van der Waals surface area contributed by atoms with E-state index in [0.29, 0.717) is 5.56 Å². The van der Waals surface area contributed by atoms with Gasteiger partial charge < -0.3 is 4.74 Å². The summed E-state index contributed by atoms with van der Waals surface area (Å²) in [4.78, 5) is 15.0. The Kier molecular flexibility index (Phi) is 3.54. The van der Waals surface area contributed by atoms with Crippen LogP contribution in [-0.4, -0.2) is 13.0 Å². The number of amides is 1. The number of rotatable bonds is 2. The summed E-state index contributed by atoms with van der Waals surface area (Å²) in [6.45, 7) is 0. The highest BCUT2D eigenvalue weighted by atomic mass is 16.5. The molecule has 1 aliphatic heterocycles. The van der Waals surface area contributed by atoms with Crippen molar-refractivity contribution in [2.75, 3.05) is 12.0 Å². The highest BCUT2D eigenvalue weighted by Gasteiger charge is 2.27. The van der Waals surface area contributed by atoms with Crippen molar-refractivity contribution >= 4 is 17.3 Å². The number of para-hydroxylation sites is 2. The fraction of sp³-hybridized carbons (Fsp3) is 0.0952. The quantitative estimate of drug-likeness (QED) is 0.693. The van der Waals surface area contributed by atoms with E-state index in [4.69, 9.17) is 4.74 Å². The molecule has 0 saturated heterocycles. The maximum Gasteiger partial charge on any atom is 0.262 e. The Morgan fingerprint density at radius 1 is 0.833 bits per heavy atom. The van der Waals surface area contributed by atoms with Crippen molar-refractivity contribution in [2.24, 2.45) is 0 Å². The first-order valence-electron chi connectivity index (χ1n) is 7.92. The number of methoxy groups -OCH3 is 1. The van der Waals surface area contributed by atoms with Gasteiger partial charge in [-0.3, -0.25) is 9.69 Å². The highest BCUT2D eigenvalue weighted by Crippen LogP contribution is 2.39. The van der Waals surface area contributed by atoms with Gasteiger partial charge in [-0.25, -0.2) is 0 Å². The molecule has 0 fully saturated rings. The van der Waals surface area contributed by atoms with Crippen LogP contribution < -0.4 is 9.64 Å². The summed E-state index contributed by atoms with van der Waals surface area (Å²) >= 11 is 0. The summed E-state index contributed by atoms with van der Waals surface area (Å²) in [5.74, 6) is 0.711. The first kappa shape index (κ1) is 14.5. The van der Waals surface area contributed by atoms with Crippen molar-refractivity contribution in [2.45, 2.75) is 6.42 Å². The van der Waals surface area contributed by atoms with Crippen LogP contribution in [0.1, 0.15) is 21.5 Å². The summed E-state index contributed by atoms with van der Waals surface area (Å²) in [5, 5.41) is 0. The molecule has 3 nitrogen and oxygen atoms in total. The number of hydrogen-bond donors (Lipinski definition) is 0. The largest absolute Gasteiger partial charge is 0.497 e. The minimum atomic E-state index is -0.0303. The van der Waals surface area contributed by atoms with Gasteiger partial charge >= 0.3 is 0 Å². The minimum absolute atomic E-state index is 0.0303. The van der Waals surface area contributed by atoms with E-state index in [-0.39, 0.29) is 5.91 Å².